The second-order valence-corrected chi connectivity index (χ2v) is 3.65. The van der Waals surface area contributed by atoms with Gasteiger partial charge in [0.05, 0.1) is 12.7 Å². The van der Waals surface area contributed by atoms with Gasteiger partial charge in [0.25, 0.3) is 0 Å². The highest BCUT2D eigenvalue weighted by Gasteiger charge is 2.34. The van der Waals surface area contributed by atoms with Crippen molar-refractivity contribution in [3.63, 3.8) is 0 Å². The summed E-state index contributed by atoms with van der Waals surface area (Å²) in [6, 6.07) is 3.03. The van der Waals surface area contributed by atoms with Crippen molar-refractivity contribution in [3.8, 4) is 0 Å². The monoisotopic (exact) mass is 246 g/mol. The van der Waals surface area contributed by atoms with Crippen molar-refractivity contribution in [1.82, 2.24) is 10.3 Å². The Balaban J connectivity index is 2.61. The van der Waals surface area contributed by atoms with Crippen LogP contribution >= 0.6 is 0 Å². The highest BCUT2D eigenvalue weighted by Crippen LogP contribution is 2.23. The molecule has 92 valence electrons. The zero-order valence-electron chi connectivity index (χ0n) is 9.81. The highest BCUT2D eigenvalue weighted by molar-refractivity contribution is 6.25. The first-order valence-corrected chi connectivity index (χ1v) is 5.16. The number of ether oxygens (including phenoxy) is 1. The second-order valence-electron chi connectivity index (χ2n) is 3.65. The van der Waals surface area contributed by atoms with E-state index in [4.69, 9.17) is 4.74 Å². The quantitative estimate of drug-likeness (QED) is 0.819. The number of pyridine rings is 1. The molecule has 0 fully saturated rings. The SMILES string of the molecule is COC1=C(NC(C)=O)C(=O)c2cccnc2C1=O. The van der Waals surface area contributed by atoms with Crippen LogP contribution in [-0.2, 0) is 9.53 Å². The average Bonchev–Trinajstić information content (AvgIpc) is 2.36. The van der Waals surface area contributed by atoms with Crippen LogP contribution in [0.5, 0.6) is 0 Å². The number of methoxy groups -OCH3 is 1. The Morgan fingerprint density at radius 1 is 1.33 bits per heavy atom. The summed E-state index contributed by atoms with van der Waals surface area (Å²) in [5.41, 5.74) is 0.0519. The number of hydrogen-bond donors (Lipinski definition) is 1. The van der Waals surface area contributed by atoms with Crippen molar-refractivity contribution in [2.24, 2.45) is 0 Å². The maximum absolute atomic E-state index is 12.1. The predicted molar refractivity (Wildman–Crippen MR) is 60.7 cm³/mol. The van der Waals surface area contributed by atoms with Crippen molar-refractivity contribution < 1.29 is 19.1 Å². The lowest BCUT2D eigenvalue weighted by atomic mass is 9.95. The summed E-state index contributed by atoms with van der Waals surface area (Å²) in [6.45, 7) is 1.25. The molecule has 0 aromatic carbocycles. The molecule has 1 aromatic rings. The number of carbonyl (C=O) groups is 3. The van der Waals surface area contributed by atoms with Crippen LogP contribution in [0.15, 0.2) is 29.8 Å². The molecule has 0 unspecified atom stereocenters. The van der Waals surface area contributed by atoms with Gasteiger partial charge in [-0.3, -0.25) is 19.4 Å². The largest absolute Gasteiger partial charge is 0.491 e. The van der Waals surface area contributed by atoms with E-state index in [1.54, 1.807) is 6.07 Å². The summed E-state index contributed by atoms with van der Waals surface area (Å²) in [6.07, 6.45) is 1.42. The van der Waals surface area contributed by atoms with Crippen LogP contribution in [-0.4, -0.2) is 29.6 Å². The molecular formula is C12H10N2O4. The molecule has 0 spiro atoms. The number of Topliss-reactive ketones (excluding diaryl/α,β-unsaturated/α-hetero) is 2. The van der Waals surface area contributed by atoms with Crippen LogP contribution in [0.4, 0.5) is 0 Å². The van der Waals surface area contributed by atoms with Crippen LogP contribution in [0, 0.1) is 0 Å². The second kappa shape index (κ2) is 4.40. The molecule has 1 aliphatic rings. The minimum absolute atomic E-state index is 0.0356. The topological polar surface area (TPSA) is 85.4 Å². The van der Waals surface area contributed by atoms with Crippen molar-refractivity contribution in [3.05, 3.63) is 41.0 Å². The Morgan fingerprint density at radius 3 is 2.67 bits per heavy atom. The van der Waals surface area contributed by atoms with Crippen LogP contribution in [0.3, 0.4) is 0 Å². The van der Waals surface area contributed by atoms with E-state index in [9.17, 15) is 14.4 Å². The number of rotatable bonds is 2. The number of ketones is 2. The lowest BCUT2D eigenvalue weighted by Crippen LogP contribution is -2.33. The molecule has 1 heterocycles. The standard InChI is InChI=1S/C12H10N2O4/c1-6(15)14-9-10(16)7-4-3-5-13-8(7)11(17)12(9)18-2/h3-5H,1-2H3,(H,14,15). The fourth-order valence-corrected chi connectivity index (χ4v) is 1.71. The van der Waals surface area contributed by atoms with Gasteiger partial charge in [0.15, 0.2) is 5.76 Å². The van der Waals surface area contributed by atoms with Gasteiger partial charge in [-0.05, 0) is 12.1 Å². The molecule has 0 saturated carbocycles. The van der Waals surface area contributed by atoms with Crippen molar-refractivity contribution in [1.29, 1.82) is 0 Å². The summed E-state index contributed by atoms with van der Waals surface area (Å²) in [7, 11) is 1.26. The van der Waals surface area contributed by atoms with Gasteiger partial charge in [-0.1, -0.05) is 0 Å². The zero-order chi connectivity index (χ0) is 13.3. The molecule has 6 heteroatoms. The molecule has 0 aliphatic heterocycles. The summed E-state index contributed by atoms with van der Waals surface area (Å²) >= 11 is 0. The number of nitrogens with one attached hydrogen (secondary N) is 1. The third-order valence-electron chi connectivity index (χ3n) is 2.43. The summed E-state index contributed by atoms with van der Waals surface area (Å²) in [5.74, 6) is -1.64. The lowest BCUT2D eigenvalue weighted by molar-refractivity contribution is -0.118. The van der Waals surface area contributed by atoms with Gasteiger partial charge in [-0.25, -0.2) is 0 Å². The maximum Gasteiger partial charge on any atom is 0.248 e. The molecule has 0 radical (unpaired) electrons. The van der Waals surface area contributed by atoms with Gasteiger partial charge in [-0.15, -0.1) is 0 Å². The smallest absolute Gasteiger partial charge is 0.248 e. The van der Waals surface area contributed by atoms with Gasteiger partial charge in [0.2, 0.25) is 17.5 Å². The maximum atomic E-state index is 12.1. The van der Waals surface area contributed by atoms with Gasteiger partial charge in [-0.2, -0.15) is 0 Å². The first kappa shape index (κ1) is 12.0. The number of allylic oxidation sites excluding steroid dienone is 2. The Bertz CT molecular complexity index is 589. The van der Waals surface area contributed by atoms with Gasteiger partial charge < -0.3 is 10.1 Å². The van der Waals surface area contributed by atoms with Crippen LogP contribution < -0.4 is 5.32 Å². The Labute approximate surface area is 103 Å². The van der Waals surface area contributed by atoms with Crippen LogP contribution in [0.1, 0.15) is 27.8 Å². The molecule has 6 nitrogen and oxygen atoms in total. The van der Waals surface area contributed by atoms with Crippen molar-refractivity contribution >= 4 is 17.5 Å². The first-order chi connectivity index (χ1) is 8.56. The van der Waals surface area contributed by atoms with Gasteiger partial charge in [0, 0.05) is 13.1 Å². The molecule has 0 bridgehead atoms. The number of nitrogens with zero attached hydrogens (tertiary/aromatic N) is 1. The fraction of sp³-hybridized carbons (Fsp3) is 0.167. The number of aromatic nitrogens is 1. The molecule has 1 N–H and O–H groups in total. The highest BCUT2D eigenvalue weighted by atomic mass is 16.5. The van der Waals surface area contributed by atoms with E-state index < -0.39 is 17.5 Å². The van der Waals surface area contributed by atoms with E-state index in [0.29, 0.717) is 0 Å². The predicted octanol–water partition coefficient (Wildman–Crippen LogP) is 0.455. The van der Waals surface area contributed by atoms with E-state index in [-0.39, 0.29) is 22.7 Å². The normalized spacial score (nSPS) is 14.3. The minimum Gasteiger partial charge on any atom is -0.491 e. The van der Waals surface area contributed by atoms with E-state index in [1.807, 2.05) is 0 Å². The van der Waals surface area contributed by atoms with Crippen molar-refractivity contribution in [2.45, 2.75) is 6.92 Å². The zero-order valence-corrected chi connectivity index (χ0v) is 9.81. The molecule has 1 aliphatic carbocycles. The van der Waals surface area contributed by atoms with Crippen LogP contribution in [0.25, 0.3) is 0 Å². The number of hydrogen-bond acceptors (Lipinski definition) is 5. The lowest BCUT2D eigenvalue weighted by Gasteiger charge is -2.18. The molecule has 0 atom stereocenters. The molecule has 18 heavy (non-hydrogen) atoms. The van der Waals surface area contributed by atoms with E-state index in [1.165, 1.54) is 26.3 Å². The summed E-state index contributed by atoms with van der Waals surface area (Å²) < 4.78 is 4.90. The summed E-state index contributed by atoms with van der Waals surface area (Å²) in [5, 5.41) is 2.32. The Morgan fingerprint density at radius 2 is 2.06 bits per heavy atom. The van der Waals surface area contributed by atoms with E-state index in [0.717, 1.165) is 0 Å². The van der Waals surface area contributed by atoms with Gasteiger partial charge >= 0.3 is 0 Å². The molecule has 1 aromatic heterocycles. The van der Waals surface area contributed by atoms with Crippen LogP contribution in [0.2, 0.25) is 0 Å². The number of fused-ring (bicyclic) bond motifs is 1. The Hall–Kier alpha value is -2.50. The Kier molecular flexibility index (Phi) is 2.93. The minimum atomic E-state index is -0.517. The average molecular weight is 246 g/mol. The molecule has 2 rings (SSSR count). The third-order valence-corrected chi connectivity index (χ3v) is 2.43. The van der Waals surface area contributed by atoms with Gasteiger partial charge in [0.1, 0.15) is 11.4 Å². The molecular weight excluding hydrogens is 236 g/mol. The van der Waals surface area contributed by atoms with E-state index >= 15 is 0 Å². The van der Waals surface area contributed by atoms with Crippen molar-refractivity contribution in [2.75, 3.05) is 7.11 Å². The number of carbonyl (C=O) groups excluding carboxylic acids is 3. The number of amides is 1. The molecule has 1 amide bonds. The fourth-order valence-electron chi connectivity index (χ4n) is 1.71. The summed E-state index contributed by atoms with van der Waals surface area (Å²) in [4.78, 5) is 39.1. The molecule has 0 saturated heterocycles. The third kappa shape index (κ3) is 1.77. The van der Waals surface area contributed by atoms with E-state index in [2.05, 4.69) is 10.3 Å². The first-order valence-electron chi connectivity index (χ1n) is 5.16.